The lowest BCUT2D eigenvalue weighted by Crippen LogP contribution is -2.01. The number of aliphatic hydroxyl groups excluding tert-OH is 1. The van der Waals surface area contributed by atoms with Crippen molar-refractivity contribution in [2.75, 3.05) is 13.2 Å². The maximum atomic E-state index is 8.30. The van der Waals surface area contributed by atoms with Crippen LogP contribution in [0.15, 0.2) is 0 Å². The monoisotopic (exact) mass is 116 g/mol. The van der Waals surface area contributed by atoms with Gasteiger partial charge in [-0.25, -0.2) is 0 Å². The summed E-state index contributed by atoms with van der Waals surface area (Å²) in [6.07, 6.45) is 1.64. The Hall–Kier alpha value is -0.0800. The molecular weight excluding hydrogens is 104 g/mol. The first-order valence-electron chi connectivity index (χ1n) is 3.07. The highest BCUT2D eigenvalue weighted by Gasteiger charge is 2.33. The van der Waals surface area contributed by atoms with E-state index in [-0.39, 0.29) is 6.61 Å². The van der Waals surface area contributed by atoms with Gasteiger partial charge in [0.05, 0.1) is 19.3 Å². The van der Waals surface area contributed by atoms with E-state index in [1.54, 1.807) is 0 Å². The third-order valence-electron chi connectivity index (χ3n) is 1.46. The second kappa shape index (κ2) is 2.46. The summed E-state index contributed by atoms with van der Waals surface area (Å²) in [5.74, 6) is 0.738. The van der Waals surface area contributed by atoms with E-state index in [1.807, 2.05) is 0 Å². The van der Waals surface area contributed by atoms with Crippen LogP contribution < -0.4 is 0 Å². The largest absolute Gasteiger partial charge is 0.394 e. The Morgan fingerprint density at radius 3 is 2.75 bits per heavy atom. The molecule has 0 bridgehead atoms. The van der Waals surface area contributed by atoms with Gasteiger partial charge in [-0.2, -0.15) is 0 Å². The van der Waals surface area contributed by atoms with Crippen molar-refractivity contribution in [3.8, 4) is 0 Å². The molecule has 0 amide bonds. The average Bonchev–Trinajstić information content (AvgIpc) is 2.42. The van der Waals surface area contributed by atoms with Gasteiger partial charge in [-0.3, -0.25) is 0 Å². The maximum absolute atomic E-state index is 8.30. The first kappa shape index (κ1) is 6.05. The fourth-order valence-electron chi connectivity index (χ4n) is 0.724. The zero-order valence-corrected chi connectivity index (χ0v) is 5.13. The Morgan fingerprint density at radius 1 is 1.75 bits per heavy atom. The molecule has 1 rings (SSSR count). The van der Waals surface area contributed by atoms with Crippen LogP contribution >= 0.6 is 0 Å². The molecule has 0 aromatic carbocycles. The maximum Gasteiger partial charge on any atom is 0.0701 e. The molecule has 1 aliphatic carbocycles. The molecule has 1 N–H and O–H groups in total. The molecule has 0 heterocycles. The molecule has 2 atom stereocenters. The van der Waals surface area contributed by atoms with E-state index in [0.29, 0.717) is 12.7 Å². The van der Waals surface area contributed by atoms with Crippen molar-refractivity contribution >= 4 is 0 Å². The van der Waals surface area contributed by atoms with Gasteiger partial charge in [0.2, 0.25) is 0 Å². The zero-order chi connectivity index (χ0) is 5.98. The van der Waals surface area contributed by atoms with Gasteiger partial charge in [0.25, 0.3) is 0 Å². The van der Waals surface area contributed by atoms with Crippen LogP contribution in [0.5, 0.6) is 0 Å². The number of rotatable bonds is 3. The van der Waals surface area contributed by atoms with Crippen LogP contribution in [0.3, 0.4) is 0 Å². The van der Waals surface area contributed by atoms with Crippen molar-refractivity contribution in [3.05, 3.63) is 0 Å². The molecule has 1 fully saturated rings. The predicted octanol–water partition coefficient (Wildman–Crippen LogP) is 0.404. The molecule has 0 radical (unpaired) electrons. The van der Waals surface area contributed by atoms with Crippen molar-refractivity contribution in [1.82, 2.24) is 0 Å². The second-order valence-electron chi connectivity index (χ2n) is 2.35. The Labute approximate surface area is 49.5 Å². The van der Waals surface area contributed by atoms with E-state index in [0.717, 1.165) is 5.92 Å². The Bertz CT molecular complexity index is 72.9. The first-order valence-corrected chi connectivity index (χ1v) is 3.07. The van der Waals surface area contributed by atoms with Gasteiger partial charge in [-0.15, -0.1) is 0 Å². The van der Waals surface area contributed by atoms with Crippen LogP contribution in [-0.2, 0) is 4.74 Å². The van der Waals surface area contributed by atoms with Crippen LogP contribution in [0, 0.1) is 5.92 Å². The first-order chi connectivity index (χ1) is 3.84. The molecule has 0 spiro atoms. The van der Waals surface area contributed by atoms with E-state index < -0.39 is 0 Å². The van der Waals surface area contributed by atoms with Crippen LogP contribution in [-0.4, -0.2) is 24.4 Å². The second-order valence-corrected chi connectivity index (χ2v) is 2.35. The number of hydrogen-bond donors (Lipinski definition) is 1. The van der Waals surface area contributed by atoms with Gasteiger partial charge in [0, 0.05) is 0 Å². The van der Waals surface area contributed by atoms with E-state index in [9.17, 15) is 0 Å². The molecule has 1 aliphatic rings. The van der Waals surface area contributed by atoms with Crippen molar-refractivity contribution in [2.45, 2.75) is 19.4 Å². The Kier molecular flexibility index (Phi) is 1.86. The van der Waals surface area contributed by atoms with Gasteiger partial charge in [0.15, 0.2) is 0 Å². The number of aliphatic hydroxyl groups is 1. The van der Waals surface area contributed by atoms with Gasteiger partial charge in [-0.05, 0) is 12.3 Å². The number of hydrogen-bond acceptors (Lipinski definition) is 2. The summed E-state index contributed by atoms with van der Waals surface area (Å²) in [7, 11) is 0. The van der Waals surface area contributed by atoms with Crippen LogP contribution in [0.2, 0.25) is 0 Å². The predicted molar refractivity (Wildman–Crippen MR) is 30.6 cm³/mol. The highest BCUT2D eigenvalue weighted by Crippen LogP contribution is 2.32. The molecule has 1 saturated carbocycles. The van der Waals surface area contributed by atoms with Gasteiger partial charge in [-0.1, -0.05) is 6.92 Å². The van der Waals surface area contributed by atoms with E-state index in [1.165, 1.54) is 6.42 Å². The quantitative estimate of drug-likeness (QED) is 0.578. The summed E-state index contributed by atoms with van der Waals surface area (Å²) in [5, 5.41) is 8.30. The lowest BCUT2D eigenvalue weighted by Gasteiger charge is -1.95. The molecule has 0 aromatic rings. The Morgan fingerprint density at radius 2 is 2.38 bits per heavy atom. The van der Waals surface area contributed by atoms with Gasteiger partial charge >= 0.3 is 0 Å². The van der Waals surface area contributed by atoms with E-state index >= 15 is 0 Å². The van der Waals surface area contributed by atoms with E-state index in [4.69, 9.17) is 9.84 Å². The highest BCUT2D eigenvalue weighted by atomic mass is 16.5. The third-order valence-corrected chi connectivity index (χ3v) is 1.46. The summed E-state index contributed by atoms with van der Waals surface area (Å²) in [4.78, 5) is 0. The lowest BCUT2D eigenvalue weighted by molar-refractivity contribution is 0.0742. The summed E-state index contributed by atoms with van der Waals surface area (Å²) >= 11 is 0. The fourth-order valence-corrected chi connectivity index (χ4v) is 0.724. The number of ether oxygens (including phenoxy) is 1. The van der Waals surface area contributed by atoms with Crippen molar-refractivity contribution < 1.29 is 9.84 Å². The molecule has 0 saturated heterocycles. The molecule has 0 aliphatic heterocycles. The van der Waals surface area contributed by atoms with Crippen molar-refractivity contribution in [3.63, 3.8) is 0 Å². The molecule has 48 valence electrons. The standard InChI is InChI=1S/C6H12O2/c1-5-4-6(5)8-3-2-7/h5-7H,2-4H2,1H3/t5-,6-/m1/s1. The van der Waals surface area contributed by atoms with Crippen LogP contribution in [0.25, 0.3) is 0 Å². The minimum atomic E-state index is 0.156. The van der Waals surface area contributed by atoms with Crippen LogP contribution in [0.4, 0.5) is 0 Å². The third kappa shape index (κ3) is 1.46. The zero-order valence-electron chi connectivity index (χ0n) is 5.13. The molecule has 8 heavy (non-hydrogen) atoms. The minimum Gasteiger partial charge on any atom is -0.394 e. The normalized spacial score (nSPS) is 35.2. The molecule has 2 heteroatoms. The molecule has 2 nitrogen and oxygen atoms in total. The molecule has 0 aromatic heterocycles. The topological polar surface area (TPSA) is 29.5 Å². The lowest BCUT2D eigenvalue weighted by atomic mass is 10.5. The Balaban J connectivity index is 1.89. The van der Waals surface area contributed by atoms with Gasteiger partial charge in [0.1, 0.15) is 0 Å². The highest BCUT2D eigenvalue weighted by molar-refractivity contribution is 4.83. The van der Waals surface area contributed by atoms with Crippen LogP contribution in [0.1, 0.15) is 13.3 Å². The van der Waals surface area contributed by atoms with Gasteiger partial charge < -0.3 is 9.84 Å². The summed E-state index contributed by atoms with van der Waals surface area (Å²) in [5.41, 5.74) is 0. The smallest absolute Gasteiger partial charge is 0.0701 e. The fraction of sp³-hybridized carbons (Fsp3) is 1.00. The summed E-state index contributed by atoms with van der Waals surface area (Å²) in [6.45, 7) is 2.82. The summed E-state index contributed by atoms with van der Waals surface area (Å²) in [6, 6.07) is 0. The van der Waals surface area contributed by atoms with Crippen molar-refractivity contribution in [2.24, 2.45) is 5.92 Å². The minimum absolute atomic E-state index is 0.156. The van der Waals surface area contributed by atoms with E-state index in [2.05, 4.69) is 6.92 Å². The van der Waals surface area contributed by atoms with Crippen molar-refractivity contribution in [1.29, 1.82) is 0 Å². The SMILES string of the molecule is C[C@@H]1C[C@H]1OCCO. The molecule has 0 unspecified atom stereocenters. The summed E-state index contributed by atoms with van der Waals surface area (Å²) < 4.78 is 5.16. The average molecular weight is 116 g/mol. The molecular formula is C6H12O2.